The first-order valence-corrected chi connectivity index (χ1v) is 7.79. The molecule has 5 nitrogen and oxygen atoms in total. The molecular weight excluding hydrogens is 266 g/mol. The van der Waals surface area contributed by atoms with Crippen LogP contribution >= 0.6 is 0 Å². The average Bonchev–Trinajstić information content (AvgIpc) is 2.52. The zero-order valence-corrected chi connectivity index (χ0v) is 12.8. The normalized spacial score (nSPS) is 16.3. The van der Waals surface area contributed by atoms with Crippen LogP contribution in [0.3, 0.4) is 0 Å². The first-order valence-electron chi connectivity index (χ1n) is 7.79. The minimum absolute atomic E-state index is 0.184. The van der Waals surface area contributed by atoms with Gasteiger partial charge in [0.25, 0.3) is 5.69 Å². The summed E-state index contributed by atoms with van der Waals surface area (Å²) >= 11 is 0. The number of likely N-dealkylation sites (N-methyl/N-ethyl adjacent to an activating group) is 1. The molecule has 116 valence electrons. The maximum absolute atomic E-state index is 10.8. The van der Waals surface area contributed by atoms with Crippen molar-refractivity contribution in [2.45, 2.75) is 25.7 Å². The molecule has 0 atom stereocenters. The third kappa shape index (κ3) is 5.44. The second-order valence-corrected chi connectivity index (χ2v) is 5.88. The standard InChI is InChI=1S/C16H25N3O2/c1-17(12-13-18-9-3-2-4-10-18)11-8-15-6-5-7-16(14-15)19(20)21/h5-7,14H,2-4,8-13H2,1H3. The van der Waals surface area contributed by atoms with E-state index in [0.29, 0.717) is 0 Å². The molecule has 5 heteroatoms. The monoisotopic (exact) mass is 291 g/mol. The summed E-state index contributed by atoms with van der Waals surface area (Å²) in [6, 6.07) is 6.95. The van der Waals surface area contributed by atoms with Crippen molar-refractivity contribution < 1.29 is 4.92 Å². The Kier molecular flexibility index (Phi) is 6.14. The molecule has 0 spiro atoms. The zero-order chi connectivity index (χ0) is 15.1. The fraction of sp³-hybridized carbons (Fsp3) is 0.625. The van der Waals surface area contributed by atoms with Crippen LogP contribution < -0.4 is 0 Å². The highest BCUT2D eigenvalue weighted by atomic mass is 16.6. The lowest BCUT2D eigenvalue weighted by Gasteiger charge is -2.28. The Hall–Kier alpha value is -1.46. The third-order valence-corrected chi connectivity index (χ3v) is 4.15. The number of rotatable bonds is 7. The second kappa shape index (κ2) is 8.10. The first kappa shape index (κ1) is 15.9. The molecule has 2 rings (SSSR count). The van der Waals surface area contributed by atoms with E-state index >= 15 is 0 Å². The number of non-ortho nitro benzene ring substituents is 1. The summed E-state index contributed by atoms with van der Waals surface area (Å²) in [5.41, 5.74) is 1.22. The molecule has 0 unspecified atom stereocenters. The number of piperidine rings is 1. The summed E-state index contributed by atoms with van der Waals surface area (Å²) in [5, 5.41) is 10.8. The highest BCUT2D eigenvalue weighted by molar-refractivity contribution is 5.34. The lowest BCUT2D eigenvalue weighted by molar-refractivity contribution is -0.384. The summed E-state index contributed by atoms with van der Waals surface area (Å²) in [6.45, 7) is 5.60. The van der Waals surface area contributed by atoms with Crippen LogP contribution in [0.1, 0.15) is 24.8 Å². The fourth-order valence-electron chi connectivity index (χ4n) is 2.75. The van der Waals surface area contributed by atoms with E-state index in [4.69, 9.17) is 0 Å². The number of hydrogen-bond donors (Lipinski definition) is 0. The smallest absolute Gasteiger partial charge is 0.269 e. The molecule has 0 N–H and O–H groups in total. The second-order valence-electron chi connectivity index (χ2n) is 5.88. The summed E-state index contributed by atoms with van der Waals surface area (Å²) in [6.07, 6.45) is 4.89. The van der Waals surface area contributed by atoms with Crippen LogP contribution in [0.4, 0.5) is 5.69 Å². The number of nitro groups is 1. The molecule has 1 aromatic rings. The van der Waals surface area contributed by atoms with Gasteiger partial charge in [-0.25, -0.2) is 0 Å². The van der Waals surface area contributed by atoms with Crippen LogP contribution in [-0.4, -0.2) is 54.5 Å². The van der Waals surface area contributed by atoms with E-state index in [9.17, 15) is 10.1 Å². The number of nitrogens with zero attached hydrogens (tertiary/aromatic N) is 3. The molecular formula is C16H25N3O2. The van der Waals surface area contributed by atoms with E-state index in [-0.39, 0.29) is 10.6 Å². The van der Waals surface area contributed by atoms with Gasteiger partial charge in [0.1, 0.15) is 0 Å². The molecule has 0 bridgehead atoms. The van der Waals surface area contributed by atoms with Crippen LogP contribution in [0, 0.1) is 10.1 Å². The maximum atomic E-state index is 10.8. The van der Waals surface area contributed by atoms with Crippen molar-refractivity contribution in [3.05, 3.63) is 39.9 Å². The van der Waals surface area contributed by atoms with Gasteiger partial charge in [0.05, 0.1) is 4.92 Å². The SMILES string of the molecule is CN(CCc1cccc([N+](=O)[O-])c1)CCN1CCCCC1. The topological polar surface area (TPSA) is 49.6 Å². The number of likely N-dealkylation sites (tertiary alicyclic amines) is 1. The van der Waals surface area contributed by atoms with Crippen molar-refractivity contribution in [2.75, 3.05) is 39.8 Å². The molecule has 0 aromatic heterocycles. The fourth-order valence-corrected chi connectivity index (χ4v) is 2.75. The lowest BCUT2D eigenvalue weighted by atomic mass is 10.1. The Bertz CT molecular complexity index is 459. The zero-order valence-electron chi connectivity index (χ0n) is 12.8. The number of hydrogen-bond acceptors (Lipinski definition) is 4. The molecule has 1 fully saturated rings. The van der Waals surface area contributed by atoms with Crippen LogP contribution in [0.2, 0.25) is 0 Å². The van der Waals surface area contributed by atoms with Gasteiger partial charge in [0.2, 0.25) is 0 Å². The predicted octanol–water partition coefficient (Wildman–Crippen LogP) is 2.56. The Morgan fingerprint density at radius 2 is 2.00 bits per heavy atom. The van der Waals surface area contributed by atoms with E-state index in [1.54, 1.807) is 18.2 Å². The van der Waals surface area contributed by atoms with Gasteiger partial charge in [-0.2, -0.15) is 0 Å². The number of benzene rings is 1. The van der Waals surface area contributed by atoms with Gasteiger partial charge in [0, 0.05) is 31.8 Å². The van der Waals surface area contributed by atoms with Gasteiger partial charge in [-0.15, -0.1) is 0 Å². The Morgan fingerprint density at radius 3 is 2.71 bits per heavy atom. The van der Waals surface area contributed by atoms with E-state index in [0.717, 1.165) is 31.6 Å². The summed E-state index contributed by atoms with van der Waals surface area (Å²) in [5.74, 6) is 0. The van der Waals surface area contributed by atoms with Gasteiger partial charge in [0.15, 0.2) is 0 Å². The molecule has 0 aliphatic carbocycles. The minimum Gasteiger partial charge on any atom is -0.305 e. The summed E-state index contributed by atoms with van der Waals surface area (Å²) in [4.78, 5) is 15.3. The molecule has 1 heterocycles. The Balaban J connectivity index is 1.71. The summed E-state index contributed by atoms with van der Waals surface area (Å²) < 4.78 is 0. The van der Waals surface area contributed by atoms with Gasteiger partial charge < -0.3 is 9.80 Å². The van der Waals surface area contributed by atoms with Crippen molar-refractivity contribution in [1.82, 2.24) is 9.80 Å². The minimum atomic E-state index is -0.330. The molecule has 1 saturated heterocycles. The summed E-state index contributed by atoms with van der Waals surface area (Å²) in [7, 11) is 2.13. The van der Waals surface area contributed by atoms with Crippen LogP contribution in [-0.2, 0) is 6.42 Å². The van der Waals surface area contributed by atoms with Gasteiger partial charge in [-0.05, 0) is 45.0 Å². The highest BCUT2D eigenvalue weighted by Gasteiger charge is 2.11. The van der Waals surface area contributed by atoms with E-state index in [1.807, 2.05) is 6.07 Å². The molecule has 1 aliphatic rings. The van der Waals surface area contributed by atoms with Crippen molar-refractivity contribution in [3.8, 4) is 0 Å². The van der Waals surface area contributed by atoms with E-state index < -0.39 is 0 Å². The molecule has 1 aromatic carbocycles. The van der Waals surface area contributed by atoms with Crippen molar-refractivity contribution >= 4 is 5.69 Å². The first-order chi connectivity index (χ1) is 10.1. The quantitative estimate of drug-likeness (QED) is 0.572. The molecule has 0 radical (unpaired) electrons. The van der Waals surface area contributed by atoms with Crippen LogP contribution in [0.15, 0.2) is 24.3 Å². The molecule has 0 saturated carbocycles. The molecule has 0 amide bonds. The Labute approximate surface area is 126 Å². The highest BCUT2D eigenvalue weighted by Crippen LogP contribution is 2.13. The van der Waals surface area contributed by atoms with Crippen LogP contribution in [0.25, 0.3) is 0 Å². The third-order valence-electron chi connectivity index (χ3n) is 4.15. The van der Waals surface area contributed by atoms with E-state index in [2.05, 4.69) is 16.8 Å². The van der Waals surface area contributed by atoms with Crippen LogP contribution in [0.5, 0.6) is 0 Å². The number of nitro benzene ring substituents is 1. The maximum Gasteiger partial charge on any atom is 0.269 e. The molecule has 1 aliphatic heterocycles. The van der Waals surface area contributed by atoms with Crippen molar-refractivity contribution in [1.29, 1.82) is 0 Å². The van der Waals surface area contributed by atoms with Crippen molar-refractivity contribution in [2.24, 2.45) is 0 Å². The lowest BCUT2D eigenvalue weighted by Crippen LogP contribution is -2.37. The predicted molar refractivity (Wildman–Crippen MR) is 84.6 cm³/mol. The van der Waals surface area contributed by atoms with E-state index in [1.165, 1.54) is 32.4 Å². The average molecular weight is 291 g/mol. The van der Waals surface area contributed by atoms with Gasteiger partial charge in [-0.3, -0.25) is 10.1 Å². The van der Waals surface area contributed by atoms with Crippen molar-refractivity contribution in [3.63, 3.8) is 0 Å². The Morgan fingerprint density at radius 1 is 1.24 bits per heavy atom. The van der Waals surface area contributed by atoms with Gasteiger partial charge in [-0.1, -0.05) is 18.6 Å². The van der Waals surface area contributed by atoms with Gasteiger partial charge >= 0.3 is 0 Å². The molecule has 21 heavy (non-hydrogen) atoms. The largest absolute Gasteiger partial charge is 0.305 e.